The summed E-state index contributed by atoms with van der Waals surface area (Å²) in [7, 11) is 0. The smallest absolute Gasteiger partial charge is 0.123 e. The fourth-order valence-electron chi connectivity index (χ4n) is 1.11. The molecule has 0 N–H and O–H groups in total. The van der Waals surface area contributed by atoms with Gasteiger partial charge >= 0.3 is 0 Å². The van der Waals surface area contributed by atoms with Crippen molar-refractivity contribution in [2.24, 2.45) is 5.92 Å². The van der Waals surface area contributed by atoms with Crippen molar-refractivity contribution in [1.82, 2.24) is 0 Å². The predicted molar refractivity (Wildman–Crippen MR) is 49.9 cm³/mol. The van der Waals surface area contributed by atoms with E-state index in [1.165, 1.54) is 12.1 Å². The van der Waals surface area contributed by atoms with Crippen LogP contribution in [-0.2, 0) is 11.2 Å². The van der Waals surface area contributed by atoms with Crippen molar-refractivity contribution < 1.29 is 9.18 Å². The van der Waals surface area contributed by atoms with Crippen molar-refractivity contribution in [3.05, 3.63) is 35.6 Å². The molecule has 1 rings (SSSR count). The molecule has 0 amide bonds. The first-order valence-corrected chi connectivity index (χ1v) is 4.42. The van der Waals surface area contributed by atoms with Crippen LogP contribution >= 0.6 is 0 Å². The van der Waals surface area contributed by atoms with E-state index < -0.39 is 0 Å². The number of aldehydes is 1. The molecule has 0 heterocycles. The highest BCUT2D eigenvalue weighted by Gasteiger charge is 2.00. The van der Waals surface area contributed by atoms with E-state index in [9.17, 15) is 9.18 Å². The second-order valence-corrected chi connectivity index (χ2v) is 3.28. The van der Waals surface area contributed by atoms with Gasteiger partial charge in [-0.05, 0) is 30.5 Å². The summed E-state index contributed by atoms with van der Waals surface area (Å²) >= 11 is 0. The summed E-state index contributed by atoms with van der Waals surface area (Å²) in [4.78, 5) is 10.3. The minimum absolute atomic E-state index is 0.0880. The highest BCUT2D eigenvalue weighted by molar-refractivity contribution is 5.52. The van der Waals surface area contributed by atoms with Crippen molar-refractivity contribution in [3.8, 4) is 0 Å². The molecule has 2 heteroatoms. The van der Waals surface area contributed by atoms with Gasteiger partial charge in [0.25, 0.3) is 0 Å². The van der Waals surface area contributed by atoms with Gasteiger partial charge in [0, 0.05) is 5.92 Å². The van der Waals surface area contributed by atoms with Gasteiger partial charge in [-0.15, -0.1) is 0 Å². The number of rotatable bonds is 4. The number of carbonyl (C=O) groups is 1. The van der Waals surface area contributed by atoms with E-state index in [0.29, 0.717) is 0 Å². The highest BCUT2D eigenvalue weighted by Crippen LogP contribution is 2.08. The molecule has 0 unspecified atom stereocenters. The maximum Gasteiger partial charge on any atom is 0.123 e. The molecule has 0 aliphatic heterocycles. The average Bonchev–Trinajstić information content (AvgIpc) is 2.16. The number of benzene rings is 1. The molecule has 0 aromatic heterocycles. The minimum Gasteiger partial charge on any atom is -0.303 e. The van der Waals surface area contributed by atoms with Gasteiger partial charge in [0.1, 0.15) is 12.1 Å². The summed E-state index contributed by atoms with van der Waals surface area (Å²) in [6.45, 7) is 1.89. The van der Waals surface area contributed by atoms with Crippen LogP contribution in [0.5, 0.6) is 0 Å². The average molecular weight is 180 g/mol. The van der Waals surface area contributed by atoms with Crippen LogP contribution in [0.2, 0.25) is 0 Å². The standard InChI is InChI=1S/C11H13FO/c1-9(8-13)2-3-10-4-6-11(12)7-5-10/h4-9H,2-3H2,1H3/t9-/m1/s1. The molecule has 0 aliphatic carbocycles. The Balaban J connectivity index is 2.45. The third-order valence-electron chi connectivity index (χ3n) is 2.03. The summed E-state index contributed by atoms with van der Waals surface area (Å²) < 4.78 is 12.5. The molecule has 1 aromatic rings. The molecule has 0 bridgehead atoms. The lowest BCUT2D eigenvalue weighted by Crippen LogP contribution is -1.97. The van der Waals surface area contributed by atoms with Gasteiger partial charge in [-0.25, -0.2) is 4.39 Å². The Kier molecular flexibility index (Phi) is 3.62. The molecular formula is C11H13FO. The van der Waals surface area contributed by atoms with Gasteiger partial charge in [0.05, 0.1) is 0 Å². The van der Waals surface area contributed by atoms with E-state index in [1.807, 2.05) is 6.92 Å². The summed E-state index contributed by atoms with van der Waals surface area (Å²) in [5, 5.41) is 0. The summed E-state index contributed by atoms with van der Waals surface area (Å²) in [5.41, 5.74) is 1.08. The van der Waals surface area contributed by atoms with Crippen LogP contribution in [0.1, 0.15) is 18.9 Å². The summed E-state index contributed by atoms with van der Waals surface area (Å²) in [6, 6.07) is 6.40. The molecule has 0 spiro atoms. The number of hydrogen-bond donors (Lipinski definition) is 0. The molecule has 0 saturated heterocycles. The van der Waals surface area contributed by atoms with Crippen LogP contribution < -0.4 is 0 Å². The van der Waals surface area contributed by atoms with Crippen molar-refractivity contribution in [2.45, 2.75) is 19.8 Å². The van der Waals surface area contributed by atoms with Gasteiger partial charge in [0.15, 0.2) is 0 Å². The second kappa shape index (κ2) is 4.75. The van der Waals surface area contributed by atoms with Crippen molar-refractivity contribution in [3.63, 3.8) is 0 Å². The number of aryl methyl sites for hydroxylation is 1. The first kappa shape index (κ1) is 9.90. The molecule has 0 fully saturated rings. The zero-order chi connectivity index (χ0) is 9.68. The van der Waals surface area contributed by atoms with Gasteiger partial charge in [-0.2, -0.15) is 0 Å². The molecule has 70 valence electrons. The van der Waals surface area contributed by atoms with E-state index >= 15 is 0 Å². The Morgan fingerprint density at radius 2 is 2.00 bits per heavy atom. The van der Waals surface area contributed by atoms with Crippen LogP contribution in [0.4, 0.5) is 4.39 Å². The summed E-state index contributed by atoms with van der Waals surface area (Å²) in [5.74, 6) is -0.128. The molecule has 1 nitrogen and oxygen atoms in total. The Morgan fingerprint density at radius 3 is 2.54 bits per heavy atom. The van der Waals surface area contributed by atoms with Crippen LogP contribution in [0.25, 0.3) is 0 Å². The molecule has 1 aromatic carbocycles. The number of hydrogen-bond acceptors (Lipinski definition) is 1. The SMILES string of the molecule is C[C@@H](C=O)CCc1ccc(F)cc1. The lowest BCUT2D eigenvalue weighted by molar-refractivity contribution is -0.110. The second-order valence-electron chi connectivity index (χ2n) is 3.28. The Hall–Kier alpha value is -1.18. The first-order chi connectivity index (χ1) is 6.22. The van der Waals surface area contributed by atoms with E-state index in [0.717, 1.165) is 24.7 Å². The molecule has 0 aliphatic rings. The van der Waals surface area contributed by atoms with Crippen LogP contribution in [0.15, 0.2) is 24.3 Å². The fraction of sp³-hybridized carbons (Fsp3) is 0.364. The van der Waals surface area contributed by atoms with Gasteiger partial charge in [-0.1, -0.05) is 19.1 Å². The predicted octanol–water partition coefficient (Wildman–Crippen LogP) is 2.59. The Morgan fingerprint density at radius 1 is 1.38 bits per heavy atom. The van der Waals surface area contributed by atoms with E-state index in [4.69, 9.17) is 0 Å². The third-order valence-corrected chi connectivity index (χ3v) is 2.03. The van der Waals surface area contributed by atoms with Crippen molar-refractivity contribution >= 4 is 6.29 Å². The fourth-order valence-corrected chi connectivity index (χ4v) is 1.11. The van der Waals surface area contributed by atoms with Gasteiger partial charge in [0.2, 0.25) is 0 Å². The van der Waals surface area contributed by atoms with Gasteiger partial charge in [-0.3, -0.25) is 0 Å². The van der Waals surface area contributed by atoms with Crippen molar-refractivity contribution in [2.75, 3.05) is 0 Å². The molecular weight excluding hydrogens is 167 g/mol. The Bertz CT molecular complexity index is 266. The van der Waals surface area contributed by atoms with E-state index in [2.05, 4.69) is 0 Å². The van der Waals surface area contributed by atoms with Crippen LogP contribution in [0, 0.1) is 11.7 Å². The monoisotopic (exact) mass is 180 g/mol. The van der Waals surface area contributed by atoms with Crippen LogP contribution in [0.3, 0.4) is 0 Å². The highest BCUT2D eigenvalue weighted by atomic mass is 19.1. The third kappa shape index (κ3) is 3.36. The van der Waals surface area contributed by atoms with Gasteiger partial charge < -0.3 is 4.79 Å². The lowest BCUT2D eigenvalue weighted by Gasteiger charge is -2.02. The number of carbonyl (C=O) groups excluding carboxylic acids is 1. The summed E-state index contributed by atoms with van der Waals surface area (Å²) in [6.07, 6.45) is 2.61. The topological polar surface area (TPSA) is 17.1 Å². The molecule has 0 saturated carbocycles. The zero-order valence-electron chi connectivity index (χ0n) is 7.66. The van der Waals surface area contributed by atoms with Crippen LogP contribution in [-0.4, -0.2) is 6.29 Å². The minimum atomic E-state index is -0.216. The molecule has 13 heavy (non-hydrogen) atoms. The maximum absolute atomic E-state index is 12.5. The van der Waals surface area contributed by atoms with E-state index in [1.54, 1.807) is 12.1 Å². The van der Waals surface area contributed by atoms with Crippen molar-refractivity contribution in [1.29, 1.82) is 0 Å². The normalized spacial score (nSPS) is 12.5. The van der Waals surface area contributed by atoms with E-state index in [-0.39, 0.29) is 11.7 Å². The molecule has 1 atom stereocenters. The zero-order valence-corrected chi connectivity index (χ0v) is 7.66. The number of halogens is 1. The first-order valence-electron chi connectivity index (χ1n) is 4.42. The molecule has 0 radical (unpaired) electrons. The largest absolute Gasteiger partial charge is 0.303 e. The Labute approximate surface area is 77.6 Å². The maximum atomic E-state index is 12.5. The quantitative estimate of drug-likeness (QED) is 0.651. The lowest BCUT2D eigenvalue weighted by atomic mass is 10.0.